The van der Waals surface area contributed by atoms with Crippen LogP contribution in [0.15, 0.2) is 18.2 Å². The molecule has 0 fully saturated rings. The molecule has 0 saturated heterocycles. The summed E-state index contributed by atoms with van der Waals surface area (Å²) < 4.78 is 10.7. The molecule has 7 heteroatoms. The van der Waals surface area contributed by atoms with E-state index in [1.807, 2.05) is 0 Å². The van der Waals surface area contributed by atoms with Crippen LogP contribution in [0.25, 0.3) is 0 Å². The first kappa shape index (κ1) is 17.4. The Kier molecular flexibility index (Phi) is 5.33. The summed E-state index contributed by atoms with van der Waals surface area (Å²) in [5.41, 5.74) is 1.64. The number of ether oxygens (including phenoxy) is 2. The number of aromatic nitrogens is 1. The van der Waals surface area contributed by atoms with Crippen molar-refractivity contribution in [2.75, 3.05) is 19.0 Å². The molecule has 2 aromatic rings. The standard InChI is InChI=1S/C18H20N2O4S/c1-11(21)12-7-8-14(15(9-12)23-2)24-10-17(22)20-18-19-13-5-3-4-6-16(13)25-18/h7-9H,3-6,10H2,1-2H3,(H,19,20,22). The molecule has 0 saturated carbocycles. The van der Waals surface area contributed by atoms with Gasteiger partial charge in [0.15, 0.2) is 29.0 Å². The third-order valence-electron chi connectivity index (χ3n) is 4.02. The first-order valence-corrected chi connectivity index (χ1v) is 8.98. The van der Waals surface area contributed by atoms with Crippen LogP contribution in [-0.2, 0) is 17.6 Å². The molecule has 25 heavy (non-hydrogen) atoms. The van der Waals surface area contributed by atoms with E-state index in [1.54, 1.807) is 18.2 Å². The van der Waals surface area contributed by atoms with Crippen LogP contribution in [0.2, 0.25) is 0 Å². The van der Waals surface area contributed by atoms with E-state index in [4.69, 9.17) is 9.47 Å². The van der Waals surface area contributed by atoms with E-state index in [0.29, 0.717) is 22.2 Å². The molecular formula is C18H20N2O4S. The lowest BCUT2D eigenvalue weighted by molar-refractivity contribution is -0.118. The molecule has 0 aliphatic heterocycles. The van der Waals surface area contributed by atoms with Crippen LogP contribution in [-0.4, -0.2) is 30.4 Å². The molecule has 0 bridgehead atoms. The van der Waals surface area contributed by atoms with Crippen LogP contribution < -0.4 is 14.8 Å². The van der Waals surface area contributed by atoms with Crippen molar-refractivity contribution >= 4 is 28.2 Å². The Labute approximate surface area is 150 Å². The maximum Gasteiger partial charge on any atom is 0.264 e. The van der Waals surface area contributed by atoms with Gasteiger partial charge >= 0.3 is 0 Å². The number of ketones is 1. The number of nitrogens with one attached hydrogen (secondary N) is 1. The van der Waals surface area contributed by atoms with Crippen molar-refractivity contribution in [2.45, 2.75) is 32.6 Å². The Balaban J connectivity index is 1.60. The Hall–Kier alpha value is -2.41. The monoisotopic (exact) mass is 360 g/mol. The van der Waals surface area contributed by atoms with Crippen LogP contribution in [0.5, 0.6) is 11.5 Å². The number of amides is 1. The van der Waals surface area contributed by atoms with Gasteiger partial charge in [-0.2, -0.15) is 0 Å². The first-order chi connectivity index (χ1) is 12.1. The zero-order valence-corrected chi connectivity index (χ0v) is 15.1. The molecule has 1 amide bonds. The minimum Gasteiger partial charge on any atom is -0.493 e. The van der Waals surface area contributed by atoms with Crippen molar-refractivity contribution in [3.05, 3.63) is 34.3 Å². The molecule has 1 N–H and O–H groups in total. The molecule has 132 valence electrons. The zero-order valence-electron chi connectivity index (χ0n) is 14.3. The van der Waals surface area contributed by atoms with Gasteiger partial charge in [-0.15, -0.1) is 11.3 Å². The summed E-state index contributed by atoms with van der Waals surface area (Å²) in [5.74, 6) is 0.505. The van der Waals surface area contributed by atoms with E-state index in [2.05, 4.69) is 10.3 Å². The number of benzene rings is 1. The second-order valence-corrected chi connectivity index (χ2v) is 6.94. The summed E-state index contributed by atoms with van der Waals surface area (Å²) in [6.45, 7) is 1.33. The summed E-state index contributed by atoms with van der Waals surface area (Å²) in [7, 11) is 1.49. The molecule has 0 spiro atoms. The molecule has 1 aromatic heterocycles. The van der Waals surface area contributed by atoms with E-state index in [0.717, 1.165) is 25.0 Å². The Morgan fingerprint density at radius 1 is 1.24 bits per heavy atom. The molecule has 0 atom stereocenters. The number of rotatable bonds is 6. The highest BCUT2D eigenvalue weighted by Crippen LogP contribution is 2.30. The second-order valence-electron chi connectivity index (χ2n) is 5.85. The van der Waals surface area contributed by atoms with Crippen LogP contribution in [0.4, 0.5) is 5.13 Å². The van der Waals surface area contributed by atoms with E-state index < -0.39 is 0 Å². The van der Waals surface area contributed by atoms with Gasteiger partial charge in [0.05, 0.1) is 12.8 Å². The number of fused-ring (bicyclic) bond motifs is 1. The van der Waals surface area contributed by atoms with Crippen molar-refractivity contribution in [3.63, 3.8) is 0 Å². The van der Waals surface area contributed by atoms with Crippen molar-refractivity contribution < 1.29 is 19.1 Å². The minimum absolute atomic E-state index is 0.0599. The first-order valence-electron chi connectivity index (χ1n) is 8.17. The fraction of sp³-hybridized carbons (Fsp3) is 0.389. The Morgan fingerprint density at radius 3 is 2.76 bits per heavy atom. The maximum atomic E-state index is 12.1. The normalized spacial score (nSPS) is 13.0. The molecule has 6 nitrogen and oxygen atoms in total. The molecule has 3 rings (SSSR count). The summed E-state index contributed by atoms with van der Waals surface area (Å²) in [4.78, 5) is 29.3. The van der Waals surface area contributed by atoms with Crippen LogP contribution in [0.1, 0.15) is 40.7 Å². The summed E-state index contributed by atoms with van der Waals surface area (Å²) >= 11 is 1.54. The van der Waals surface area contributed by atoms with Gasteiger partial charge in [0, 0.05) is 10.4 Å². The predicted octanol–water partition coefficient (Wildman–Crippen LogP) is 3.25. The minimum atomic E-state index is -0.274. The largest absolute Gasteiger partial charge is 0.493 e. The average molecular weight is 360 g/mol. The van der Waals surface area contributed by atoms with Crippen molar-refractivity contribution in [3.8, 4) is 11.5 Å². The number of carbonyl (C=O) groups is 2. The SMILES string of the molecule is COc1cc(C(C)=O)ccc1OCC(=O)Nc1nc2c(s1)CCCC2. The summed E-state index contributed by atoms with van der Waals surface area (Å²) in [6, 6.07) is 4.88. The summed E-state index contributed by atoms with van der Waals surface area (Å²) in [5, 5.41) is 3.41. The molecule has 1 aromatic carbocycles. The van der Waals surface area contributed by atoms with Crippen LogP contribution in [0.3, 0.4) is 0 Å². The third kappa shape index (κ3) is 4.17. The molecular weight excluding hydrogens is 340 g/mol. The third-order valence-corrected chi connectivity index (χ3v) is 5.09. The topological polar surface area (TPSA) is 77.5 Å². The molecule has 1 aliphatic rings. The fourth-order valence-electron chi connectivity index (χ4n) is 2.71. The van der Waals surface area contributed by atoms with Crippen molar-refractivity contribution in [1.29, 1.82) is 0 Å². The Morgan fingerprint density at radius 2 is 2.04 bits per heavy atom. The number of hydrogen-bond acceptors (Lipinski definition) is 6. The number of thiazole rings is 1. The van der Waals surface area contributed by atoms with Crippen LogP contribution >= 0.6 is 11.3 Å². The van der Waals surface area contributed by atoms with Gasteiger partial charge in [-0.1, -0.05) is 0 Å². The number of carbonyl (C=O) groups excluding carboxylic acids is 2. The van der Waals surface area contributed by atoms with Gasteiger partial charge in [0.2, 0.25) is 0 Å². The van der Waals surface area contributed by atoms with E-state index >= 15 is 0 Å². The van der Waals surface area contributed by atoms with Gasteiger partial charge in [0.25, 0.3) is 5.91 Å². The highest BCUT2D eigenvalue weighted by atomic mass is 32.1. The van der Waals surface area contributed by atoms with Gasteiger partial charge in [-0.25, -0.2) is 4.98 Å². The lowest BCUT2D eigenvalue weighted by Gasteiger charge is -2.11. The Bertz CT molecular complexity index is 777. The number of Topliss-reactive ketones (excluding diaryl/α,β-unsaturated/α-hetero) is 1. The second kappa shape index (κ2) is 7.65. The lowest BCUT2D eigenvalue weighted by atomic mass is 10.0. The molecule has 0 radical (unpaired) electrons. The van der Waals surface area contributed by atoms with Gasteiger partial charge in [0.1, 0.15) is 0 Å². The van der Waals surface area contributed by atoms with Crippen molar-refractivity contribution in [1.82, 2.24) is 4.98 Å². The number of methoxy groups -OCH3 is 1. The number of nitrogens with zero attached hydrogens (tertiary/aromatic N) is 1. The average Bonchev–Trinajstić information content (AvgIpc) is 3.01. The molecule has 1 heterocycles. The summed E-state index contributed by atoms with van der Waals surface area (Å²) in [6.07, 6.45) is 4.36. The highest BCUT2D eigenvalue weighted by molar-refractivity contribution is 7.15. The number of anilines is 1. The fourth-order valence-corrected chi connectivity index (χ4v) is 3.78. The number of aryl methyl sites for hydroxylation is 2. The lowest BCUT2D eigenvalue weighted by Crippen LogP contribution is -2.20. The smallest absolute Gasteiger partial charge is 0.264 e. The maximum absolute atomic E-state index is 12.1. The number of hydrogen-bond donors (Lipinski definition) is 1. The molecule has 1 aliphatic carbocycles. The highest BCUT2D eigenvalue weighted by Gasteiger charge is 2.17. The predicted molar refractivity (Wildman–Crippen MR) is 95.9 cm³/mol. The van der Waals surface area contributed by atoms with Gasteiger partial charge in [-0.3, -0.25) is 14.9 Å². The van der Waals surface area contributed by atoms with E-state index in [9.17, 15) is 9.59 Å². The van der Waals surface area contributed by atoms with E-state index in [1.165, 1.54) is 36.7 Å². The zero-order chi connectivity index (χ0) is 17.8. The van der Waals surface area contributed by atoms with E-state index in [-0.39, 0.29) is 18.3 Å². The van der Waals surface area contributed by atoms with Gasteiger partial charge < -0.3 is 9.47 Å². The molecule has 0 unspecified atom stereocenters. The van der Waals surface area contributed by atoms with Crippen LogP contribution in [0, 0.1) is 0 Å². The van der Waals surface area contributed by atoms with Crippen molar-refractivity contribution in [2.24, 2.45) is 0 Å². The quantitative estimate of drug-likeness (QED) is 0.800. The van der Waals surface area contributed by atoms with Gasteiger partial charge in [-0.05, 0) is 50.8 Å².